The van der Waals surface area contributed by atoms with Crippen LogP contribution in [0.25, 0.3) is 0 Å². The van der Waals surface area contributed by atoms with Gasteiger partial charge in [-0.3, -0.25) is 4.90 Å². The van der Waals surface area contributed by atoms with Crippen molar-refractivity contribution in [3.05, 3.63) is 63.7 Å². The van der Waals surface area contributed by atoms with E-state index >= 15 is 0 Å². The lowest BCUT2D eigenvalue weighted by Gasteiger charge is -2.21. The minimum Gasteiger partial charge on any atom is -0.507 e. The molecule has 0 amide bonds. The molecule has 0 aromatic heterocycles. The van der Waals surface area contributed by atoms with Crippen molar-refractivity contribution in [2.24, 2.45) is 0 Å². The predicted octanol–water partition coefficient (Wildman–Crippen LogP) is 8.69. The number of unbranched alkanes of at least 4 members (excludes halogenated alkanes) is 4. The van der Waals surface area contributed by atoms with E-state index in [1.807, 2.05) is 39.8 Å². The number of nitrogens with zero attached hydrogens (tertiary/aromatic N) is 1. The average Bonchev–Trinajstić information content (AvgIpc) is 2.75. The maximum atomic E-state index is 9.86. The highest BCUT2D eigenvalue weighted by Crippen LogP contribution is 2.24. The van der Waals surface area contributed by atoms with Gasteiger partial charge in [0.15, 0.2) is 0 Å². The van der Waals surface area contributed by atoms with E-state index < -0.39 is 0 Å². The van der Waals surface area contributed by atoms with Crippen LogP contribution in [0.4, 0.5) is 0 Å². The summed E-state index contributed by atoms with van der Waals surface area (Å²) in [6, 6.07) is 12.1. The maximum Gasteiger partial charge on any atom is 0.121 e. The normalized spacial score (nSPS) is 10.2. The third-order valence-corrected chi connectivity index (χ3v) is 5.18. The lowest BCUT2D eigenvalue weighted by molar-refractivity contribution is 0.271. The molecule has 0 bridgehead atoms. The molecule has 2 nitrogen and oxygen atoms in total. The van der Waals surface area contributed by atoms with E-state index in [1.165, 1.54) is 43.2 Å². The van der Waals surface area contributed by atoms with E-state index in [9.17, 15) is 5.11 Å². The number of hydrogen-bond acceptors (Lipinski definition) is 2. The summed E-state index contributed by atoms with van der Waals surface area (Å²) in [6.07, 6.45) is 7.01. The van der Waals surface area contributed by atoms with Crippen LogP contribution in [0, 0.1) is 13.8 Å². The van der Waals surface area contributed by atoms with Crippen molar-refractivity contribution in [3.8, 4) is 5.75 Å². The highest BCUT2D eigenvalue weighted by atomic mass is 35.5. The summed E-state index contributed by atoms with van der Waals surface area (Å²) in [4.78, 5) is 2.37. The second-order valence-electron chi connectivity index (χ2n) is 7.57. The SMILES string of the molecule is CC.CCCCCCC.CCN(Cc1ccc(Cl)cc1)Cc1cc(C)c(O)c(C)c1. The van der Waals surface area contributed by atoms with E-state index in [2.05, 4.69) is 49.9 Å². The van der Waals surface area contributed by atoms with Crippen molar-refractivity contribution in [1.82, 2.24) is 4.90 Å². The largest absolute Gasteiger partial charge is 0.507 e. The van der Waals surface area contributed by atoms with Crippen LogP contribution in [0.3, 0.4) is 0 Å². The number of phenolic OH excluding ortho intramolecular Hbond substituents is 1. The standard InChI is InChI=1S/C18H22ClNO.C7H16.C2H6/c1-4-20(11-15-5-7-17(19)8-6-15)12-16-9-13(2)18(21)14(3)10-16;1-3-5-7-6-4-2;1-2/h5-10,21H,4,11-12H2,1-3H3;3-7H2,1-2H3;1-2H3. The number of hydrogen-bond donors (Lipinski definition) is 1. The molecule has 0 heterocycles. The molecule has 3 heteroatoms. The molecule has 0 aliphatic heterocycles. The molecule has 2 rings (SSSR count). The Labute approximate surface area is 191 Å². The molecule has 0 aliphatic carbocycles. The Morgan fingerprint density at radius 2 is 1.23 bits per heavy atom. The zero-order chi connectivity index (χ0) is 22.9. The van der Waals surface area contributed by atoms with E-state index in [-0.39, 0.29) is 0 Å². The average molecular weight is 434 g/mol. The summed E-state index contributed by atoms with van der Waals surface area (Å²) in [7, 11) is 0. The molecule has 2 aromatic carbocycles. The van der Waals surface area contributed by atoms with Crippen molar-refractivity contribution in [3.63, 3.8) is 0 Å². The molecule has 170 valence electrons. The molecule has 0 unspecified atom stereocenters. The molecule has 0 saturated carbocycles. The third kappa shape index (κ3) is 11.6. The number of aromatic hydroxyl groups is 1. The maximum absolute atomic E-state index is 9.86. The summed E-state index contributed by atoms with van der Waals surface area (Å²) in [5, 5.41) is 10.6. The van der Waals surface area contributed by atoms with Gasteiger partial charge < -0.3 is 5.11 Å². The fourth-order valence-electron chi connectivity index (χ4n) is 3.20. The lowest BCUT2D eigenvalue weighted by Crippen LogP contribution is -2.22. The second-order valence-corrected chi connectivity index (χ2v) is 8.01. The quantitative estimate of drug-likeness (QED) is 0.399. The number of rotatable bonds is 9. The highest BCUT2D eigenvalue weighted by molar-refractivity contribution is 6.30. The Kier molecular flexibility index (Phi) is 16.3. The Hall–Kier alpha value is -1.51. The van der Waals surface area contributed by atoms with E-state index in [0.717, 1.165) is 35.8 Å². The molecule has 30 heavy (non-hydrogen) atoms. The van der Waals surface area contributed by atoms with Crippen LogP contribution in [-0.2, 0) is 13.1 Å². The highest BCUT2D eigenvalue weighted by Gasteiger charge is 2.08. The van der Waals surface area contributed by atoms with Crippen molar-refractivity contribution >= 4 is 11.6 Å². The zero-order valence-electron chi connectivity index (χ0n) is 20.4. The fourth-order valence-corrected chi connectivity index (χ4v) is 3.33. The molecule has 0 spiro atoms. The first-order valence-corrected chi connectivity index (χ1v) is 12.0. The van der Waals surface area contributed by atoms with Gasteiger partial charge in [0.25, 0.3) is 0 Å². The predicted molar refractivity (Wildman–Crippen MR) is 135 cm³/mol. The topological polar surface area (TPSA) is 23.5 Å². The molecule has 0 atom stereocenters. The summed E-state index contributed by atoms with van der Waals surface area (Å²) >= 11 is 5.92. The van der Waals surface area contributed by atoms with Crippen LogP contribution >= 0.6 is 11.6 Å². The van der Waals surface area contributed by atoms with Crippen LogP contribution < -0.4 is 0 Å². The zero-order valence-corrected chi connectivity index (χ0v) is 21.1. The smallest absolute Gasteiger partial charge is 0.121 e. The van der Waals surface area contributed by atoms with Gasteiger partial charge in [-0.15, -0.1) is 0 Å². The first-order chi connectivity index (χ1) is 14.4. The minimum absolute atomic E-state index is 0.402. The van der Waals surface area contributed by atoms with Gasteiger partial charge in [0.1, 0.15) is 5.75 Å². The van der Waals surface area contributed by atoms with Crippen molar-refractivity contribution in [2.45, 2.75) is 93.7 Å². The fraction of sp³-hybridized carbons (Fsp3) is 0.556. The van der Waals surface area contributed by atoms with Gasteiger partial charge in [-0.05, 0) is 54.8 Å². The second kappa shape index (κ2) is 17.2. The summed E-state index contributed by atoms with van der Waals surface area (Å²) in [5.74, 6) is 0.402. The first-order valence-electron chi connectivity index (χ1n) is 11.7. The van der Waals surface area contributed by atoms with Crippen molar-refractivity contribution < 1.29 is 5.11 Å². The lowest BCUT2D eigenvalue weighted by atomic mass is 10.1. The number of halogens is 1. The van der Waals surface area contributed by atoms with Crippen LogP contribution in [0.2, 0.25) is 5.02 Å². The van der Waals surface area contributed by atoms with E-state index in [1.54, 1.807) is 0 Å². The Balaban J connectivity index is 0.000000795. The van der Waals surface area contributed by atoms with Crippen molar-refractivity contribution in [1.29, 1.82) is 0 Å². The van der Waals surface area contributed by atoms with Gasteiger partial charge in [-0.1, -0.05) is 103 Å². The van der Waals surface area contributed by atoms with Crippen LogP contribution in [0.1, 0.15) is 89.0 Å². The van der Waals surface area contributed by atoms with Gasteiger partial charge in [0.05, 0.1) is 0 Å². The van der Waals surface area contributed by atoms with Crippen LogP contribution in [0.5, 0.6) is 5.75 Å². The van der Waals surface area contributed by atoms with Crippen molar-refractivity contribution in [2.75, 3.05) is 6.54 Å². The molecule has 0 saturated heterocycles. The van der Waals surface area contributed by atoms with Gasteiger partial charge in [0.2, 0.25) is 0 Å². The van der Waals surface area contributed by atoms with E-state index in [0.29, 0.717) is 5.75 Å². The Morgan fingerprint density at radius 3 is 1.67 bits per heavy atom. The summed E-state index contributed by atoms with van der Waals surface area (Å²) in [6.45, 7) is 17.3. The molecule has 0 fully saturated rings. The molecular formula is C27H44ClNO. The van der Waals surface area contributed by atoms with Gasteiger partial charge in [0, 0.05) is 18.1 Å². The molecule has 0 aliphatic rings. The van der Waals surface area contributed by atoms with Crippen LogP contribution in [0.15, 0.2) is 36.4 Å². The monoisotopic (exact) mass is 433 g/mol. The number of phenols is 1. The number of aryl methyl sites for hydroxylation is 2. The summed E-state index contributed by atoms with van der Waals surface area (Å²) in [5.41, 5.74) is 4.37. The van der Waals surface area contributed by atoms with Gasteiger partial charge in [-0.25, -0.2) is 0 Å². The van der Waals surface area contributed by atoms with Crippen LogP contribution in [-0.4, -0.2) is 16.6 Å². The molecule has 2 aromatic rings. The molecule has 0 radical (unpaired) electrons. The summed E-state index contributed by atoms with van der Waals surface area (Å²) < 4.78 is 0. The number of benzene rings is 2. The Morgan fingerprint density at radius 1 is 0.767 bits per heavy atom. The van der Waals surface area contributed by atoms with Gasteiger partial charge in [-0.2, -0.15) is 0 Å². The third-order valence-electron chi connectivity index (χ3n) is 4.93. The van der Waals surface area contributed by atoms with Gasteiger partial charge >= 0.3 is 0 Å². The molecule has 1 N–H and O–H groups in total. The Bertz CT molecular complexity index is 655. The minimum atomic E-state index is 0.402. The first kappa shape index (κ1) is 28.5. The molecular weight excluding hydrogens is 390 g/mol. The van der Waals surface area contributed by atoms with E-state index in [4.69, 9.17) is 11.6 Å².